The lowest BCUT2D eigenvalue weighted by Crippen LogP contribution is -1.87. The van der Waals surface area contributed by atoms with Crippen molar-refractivity contribution in [1.29, 1.82) is 0 Å². The predicted molar refractivity (Wildman–Crippen MR) is 50.4 cm³/mol. The van der Waals surface area contributed by atoms with E-state index in [1.165, 1.54) is 12.8 Å². The summed E-state index contributed by atoms with van der Waals surface area (Å²) in [7, 11) is 0. The van der Waals surface area contributed by atoms with Gasteiger partial charge in [0, 0.05) is 4.88 Å². The van der Waals surface area contributed by atoms with Crippen LogP contribution in [0.5, 0.6) is 0 Å². The van der Waals surface area contributed by atoms with Crippen molar-refractivity contribution in [1.82, 2.24) is 0 Å². The maximum absolute atomic E-state index is 2.32. The summed E-state index contributed by atoms with van der Waals surface area (Å²) in [5, 5.41) is 2.24. The maximum atomic E-state index is 2.32. The summed E-state index contributed by atoms with van der Waals surface area (Å²) in [6.45, 7) is 4.58. The molecule has 60 valence electrons. The lowest BCUT2D eigenvalue weighted by atomic mass is 10.1. The monoisotopic (exact) mass is 166 g/mol. The normalized spacial score (nSPS) is 17.7. The first-order valence-corrected chi connectivity index (χ1v) is 5.24. The Bertz CT molecular complexity index is 227. The molecular formula is C10H14S. The first-order chi connectivity index (χ1) is 5.29. The van der Waals surface area contributed by atoms with E-state index >= 15 is 0 Å². The second-order valence-electron chi connectivity index (χ2n) is 3.67. The Balaban J connectivity index is 2.30. The first kappa shape index (κ1) is 7.35. The second-order valence-corrected chi connectivity index (χ2v) is 4.62. The number of hydrogen-bond donors (Lipinski definition) is 0. The Kier molecular flexibility index (Phi) is 1.76. The van der Waals surface area contributed by atoms with Crippen LogP contribution in [-0.4, -0.2) is 0 Å². The van der Waals surface area contributed by atoms with Crippen molar-refractivity contribution in [2.45, 2.75) is 38.5 Å². The molecular weight excluding hydrogens is 152 g/mol. The minimum absolute atomic E-state index is 0.727. The van der Waals surface area contributed by atoms with Gasteiger partial charge in [0.25, 0.3) is 0 Å². The van der Waals surface area contributed by atoms with E-state index < -0.39 is 0 Å². The molecule has 0 atom stereocenters. The van der Waals surface area contributed by atoms with E-state index in [-0.39, 0.29) is 0 Å². The third-order valence-electron chi connectivity index (χ3n) is 2.27. The summed E-state index contributed by atoms with van der Waals surface area (Å²) in [5.74, 6) is 1.66. The lowest BCUT2D eigenvalue weighted by Gasteiger charge is -2.04. The fourth-order valence-electron chi connectivity index (χ4n) is 1.53. The van der Waals surface area contributed by atoms with Crippen molar-refractivity contribution in [2.24, 2.45) is 0 Å². The minimum Gasteiger partial charge on any atom is -0.148 e. The van der Waals surface area contributed by atoms with E-state index in [0.717, 1.165) is 11.8 Å². The highest BCUT2D eigenvalue weighted by molar-refractivity contribution is 7.10. The Morgan fingerprint density at radius 3 is 2.73 bits per heavy atom. The molecule has 0 amide bonds. The largest absolute Gasteiger partial charge is 0.148 e. The molecule has 1 aromatic heterocycles. The average Bonchev–Trinajstić information content (AvgIpc) is 2.68. The van der Waals surface area contributed by atoms with Crippen molar-refractivity contribution in [3.63, 3.8) is 0 Å². The van der Waals surface area contributed by atoms with Gasteiger partial charge in [-0.3, -0.25) is 0 Å². The SMILES string of the molecule is CC(C)c1sccc1C1CC1. The zero-order valence-electron chi connectivity index (χ0n) is 7.13. The van der Waals surface area contributed by atoms with Gasteiger partial charge < -0.3 is 0 Å². The van der Waals surface area contributed by atoms with Gasteiger partial charge in [0.05, 0.1) is 0 Å². The van der Waals surface area contributed by atoms with Gasteiger partial charge in [-0.15, -0.1) is 11.3 Å². The molecule has 0 radical (unpaired) electrons. The molecule has 1 aliphatic rings. The van der Waals surface area contributed by atoms with Gasteiger partial charge in [-0.1, -0.05) is 13.8 Å². The summed E-state index contributed by atoms with van der Waals surface area (Å²) in [6.07, 6.45) is 2.85. The third-order valence-corrected chi connectivity index (χ3v) is 3.50. The molecule has 0 saturated heterocycles. The molecule has 0 bridgehead atoms. The van der Waals surface area contributed by atoms with E-state index in [1.54, 1.807) is 10.4 Å². The van der Waals surface area contributed by atoms with E-state index in [4.69, 9.17) is 0 Å². The van der Waals surface area contributed by atoms with Gasteiger partial charge in [0.1, 0.15) is 0 Å². The van der Waals surface area contributed by atoms with E-state index in [9.17, 15) is 0 Å². The van der Waals surface area contributed by atoms with Crippen molar-refractivity contribution in [3.8, 4) is 0 Å². The molecule has 0 N–H and O–H groups in total. The van der Waals surface area contributed by atoms with Crippen molar-refractivity contribution in [3.05, 3.63) is 21.9 Å². The quantitative estimate of drug-likeness (QED) is 0.627. The molecule has 11 heavy (non-hydrogen) atoms. The molecule has 1 fully saturated rings. The van der Waals surface area contributed by atoms with Crippen LogP contribution >= 0.6 is 11.3 Å². The molecule has 0 spiro atoms. The topological polar surface area (TPSA) is 0 Å². The third kappa shape index (κ3) is 1.34. The van der Waals surface area contributed by atoms with Crippen LogP contribution in [0, 0.1) is 0 Å². The Hall–Kier alpha value is -0.300. The van der Waals surface area contributed by atoms with Crippen LogP contribution in [0.2, 0.25) is 0 Å². The van der Waals surface area contributed by atoms with Crippen molar-refractivity contribution < 1.29 is 0 Å². The maximum Gasteiger partial charge on any atom is 0.0105 e. The van der Waals surface area contributed by atoms with E-state index in [2.05, 4.69) is 25.3 Å². The van der Waals surface area contributed by atoms with Gasteiger partial charge in [-0.25, -0.2) is 0 Å². The van der Waals surface area contributed by atoms with Crippen molar-refractivity contribution >= 4 is 11.3 Å². The molecule has 0 aliphatic heterocycles. The fourth-order valence-corrected chi connectivity index (χ4v) is 2.54. The van der Waals surface area contributed by atoms with Crippen molar-refractivity contribution in [2.75, 3.05) is 0 Å². The molecule has 1 aromatic rings. The molecule has 0 nitrogen and oxygen atoms in total. The molecule has 1 aliphatic carbocycles. The second kappa shape index (κ2) is 2.63. The van der Waals surface area contributed by atoms with Crippen LogP contribution in [0.1, 0.15) is 49.0 Å². The van der Waals surface area contributed by atoms with Gasteiger partial charge >= 0.3 is 0 Å². The lowest BCUT2D eigenvalue weighted by molar-refractivity contribution is 0.867. The predicted octanol–water partition coefficient (Wildman–Crippen LogP) is 3.75. The standard InChI is InChI=1S/C10H14S/c1-7(2)10-9(5-6-11-10)8-3-4-8/h5-8H,3-4H2,1-2H3. The molecule has 0 aromatic carbocycles. The number of hydrogen-bond acceptors (Lipinski definition) is 1. The summed E-state index contributed by atoms with van der Waals surface area (Å²) in [6, 6.07) is 2.32. The fraction of sp³-hybridized carbons (Fsp3) is 0.600. The number of thiophene rings is 1. The van der Waals surface area contributed by atoms with Crippen LogP contribution in [-0.2, 0) is 0 Å². The van der Waals surface area contributed by atoms with Gasteiger partial charge in [0.15, 0.2) is 0 Å². The van der Waals surface area contributed by atoms with Crippen LogP contribution in [0.25, 0.3) is 0 Å². The zero-order valence-corrected chi connectivity index (χ0v) is 7.95. The Labute approximate surface area is 72.3 Å². The summed E-state index contributed by atoms with van der Waals surface area (Å²) in [4.78, 5) is 1.62. The summed E-state index contributed by atoms with van der Waals surface area (Å²) < 4.78 is 0. The highest BCUT2D eigenvalue weighted by Gasteiger charge is 2.27. The van der Waals surface area contributed by atoms with Crippen LogP contribution in [0.4, 0.5) is 0 Å². The molecule has 1 heterocycles. The van der Waals surface area contributed by atoms with Gasteiger partial charge in [-0.05, 0) is 41.7 Å². The zero-order chi connectivity index (χ0) is 7.84. The number of rotatable bonds is 2. The van der Waals surface area contributed by atoms with Crippen LogP contribution in [0.15, 0.2) is 11.4 Å². The summed E-state index contributed by atoms with van der Waals surface area (Å²) in [5.41, 5.74) is 1.64. The van der Waals surface area contributed by atoms with E-state index in [0.29, 0.717) is 0 Å². The van der Waals surface area contributed by atoms with Gasteiger partial charge in [-0.2, -0.15) is 0 Å². The summed E-state index contributed by atoms with van der Waals surface area (Å²) >= 11 is 1.93. The smallest absolute Gasteiger partial charge is 0.0105 e. The highest BCUT2D eigenvalue weighted by atomic mass is 32.1. The average molecular weight is 166 g/mol. The molecule has 1 heteroatoms. The highest BCUT2D eigenvalue weighted by Crippen LogP contribution is 2.44. The van der Waals surface area contributed by atoms with Gasteiger partial charge in [0.2, 0.25) is 0 Å². The Morgan fingerprint density at radius 1 is 1.45 bits per heavy atom. The molecule has 0 unspecified atom stereocenters. The minimum atomic E-state index is 0.727. The molecule has 1 saturated carbocycles. The van der Waals surface area contributed by atoms with Crippen LogP contribution in [0.3, 0.4) is 0 Å². The molecule has 2 rings (SSSR count). The first-order valence-electron chi connectivity index (χ1n) is 4.36. The van der Waals surface area contributed by atoms with Crippen LogP contribution < -0.4 is 0 Å². The van der Waals surface area contributed by atoms with E-state index in [1.807, 2.05) is 11.3 Å². The Morgan fingerprint density at radius 2 is 2.18 bits per heavy atom.